The van der Waals surface area contributed by atoms with Crippen molar-refractivity contribution in [1.82, 2.24) is 20.4 Å². The van der Waals surface area contributed by atoms with Crippen molar-refractivity contribution in [1.29, 1.82) is 0 Å². The van der Waals surface area contributed by atoms with Gasteiger partial charge in [-0.15, -0.1) is 10.2 Å². The van der Waals surface area contributed by atoms with Gasteiger partial charge in [-0.2, -0.15) is 0 Å². The lowest BCUT2D eigenvalue weighted by Crippen LogP contribution is -2.56. The van der Waals surface area contributed by atoms with E-state index in [2.05, 4.69) is 34.3 Å². The monoisotopic (exact) mass is 508 g/mol. The van der Waals surface area contributed by atoms with Gasteiger partial charge in [0.15, 0.2) is 9.84 Å². The number of ether oxygens (including phenoxy) is 2. The SMILES string of the molecule is COCCN1CCC(NC(=O)Cc2nnc(CS(=O)(=O)c3c(C)cc(OC)cc3C)o2)C(C)(C)C1. The van der Waals surface area contributed by atoms with Crippen LogP contribution >= 0.6 is 0 Å². The third-order valence-corrected chi connectivity index (χ3v) is 8.26. The average Bonchev–Trinajstić information content (AvgIpc) is 3.18. The molecule has 2 aromatic rings. The molecule has 10 nitrogen and oxygen atoms in total. The highest BCUT2D eigenvalue weighted by molar-refractivity contribution is 7.90. The molecule has 1 amide bonds. The molecule has 0 aliphatic carbocycles. The summed E-state index contributed by atoms with van der Waals surface area (Å²) in [6.45, 7) is 11.0. The van der Waals surface area contributed by atoms with Gasteiger partial charge in [-0.3, -0.25) is 4.79 Å². The molecule has 3 rings (SSSR count). The van der Waals surface area contributed by atoms with Gasteiger partial charge >= 0.3 is 0 Å². The summed E-state index contributed by atoms with van der Waals surface area (Å²) in [6, 6.07) is 3.36. The number of hydrogen-bond donors (Lipinski definition) is 1. The van der Waals surface area contributed by atoms with E-state index in [9.17, 15) is 13.2 Å². The Balaban J connectivity index is 1.61. The molecule has 0 saturated carbocycles. The zero-order valence-electron chi connectivity index (χ0n) is 21.4. The average molecular weight is 509 g/mol. The van der Waals surface area contributed by atoms with Gasteiger partial charge in [0, 0.05) is 32.8 Å². The van der Waals surface area contributed by atoms with E-state index in [1.165, 1.54) is 7.11 Å². The summed E-state index contributed by atoms with van der Waals surface area (Å²) < 4.78 is 42.0. The number of rotatable bonds is 10. The van der Waals surface area contributed by atoms with Crippen molar-refractivity contribution in [3.05, 3.63) is 35.0 Å². The van der Waals surface area contributed by atoms with Crippen LogP contribution < -0.4 is 10.1 Å². The topological polar surface area (TPSA) is 124 Å². The molecule has 1 aromatic heterocycles. The van der Waals surface area contributed by atoms with E-state index in [1.807, 2.05) is 0 Å². The van der Waals surface area contributed by atoms with E-state index in [1.54, 1.807) is 33.1 Å². The Labute approximate surface area is 207 Å². The number of likely N-dealkylation sites (tertiary alicyclic amines) is 1. The largest absolute Gasteiger partial charge is 0.497 e. The molecular formula is C24H36N4O6S. The van der Waals surface area contributed by atoms with E-state index in [0.717, 1.165) is 26.1 Å². The van der Waals surface area contributed by atoms with E-state index < -0.39 is 15.6 Å². The first-order chi connectivity index (χ1) is 16.4. The number of sulfone groups is 1. The molecule has 1 N–H and O–H groups in total. The van der Waals surface area contributed by atoms with Gasteiger partial charge in [-0.25, -0.2) is 8.42 Å². The smallest absolute Gasteiger partial charge is 0.231 e. The maximum Gasteiger partial charge on any atom is 0.231 e. The number of carbonyl (C=O) groups excluding carboxylic acids is 1. The van der Waals surface area contributed by atoms with E-state index >= 15 is 0 Å². The molecule has 0 radical (unpaired) electrons. The van der Waals surface area contributed by atoms with E-state index in [0.29, 0.717) is 23.5 Å². The number of aryl methyl sites for hydroxylation is 2. The Morgan fingerprint density at radius 2 is 1.86 bits per heavy atom. The second-order valence-corrected chi connectivity index (χ2v) is 11.7. The number of methoxy groups -OCH3 is 2. The fraction of sp³-hybridized carbons (Fsp3) is 0.625. The Bertz CT molecular complexity index is 1120. The molecular weight excluding hydrogens is 472 g/mol. The molecule has 2 heterocycles. The quantitative estimate of drug-likeness (QED) is 0.514. The highest BCUT2D eigenvalue weighted by Crippen LogP contribution is 2.30. The Morgan fingerprint density at radius 1 is 1.20 bits per heavy atom. The van der Waals surface area contributed by atoms with Gasteiger partial charge in [0.2, 0.25) is 17.7 Å². The minimum Gasteiger partial charge on any atom is -0.497 e. The zero-order valence-corrected chi connectivity index (χ0v) is 22.2. The summed E-state index contributed by atoms with van der Waals surface area (Å²) in [5, 5.41) is 10.9. The maximum atomic E-state index is 13.0. The van der Waals surface area contributed by atoms with Gasteiger partial charge in [-0.1, -0.05) is 13.8 Å². The molecule has 194 valence electrons. The van der Waals surface area contributed by atoms with Crippen molar-refractivity contribution in [2.75, 3.05) is 40.5 Å². The van der Waals surface area contributed by atoms with Crippen LogP contribution in [0.2, 0.25) is 0 Å². The number of nitrogens with zero attached hydrogens (tertiary/aromatic N) is 3. The number of carbonyl (C=O) groups is 1. The Kier molecular flexibility index (Phi) is 8.55. The summed E-state index contributed by atoms with van der Waals surface area (Å²) in [6.07, 6.45) is 0.726. The Morgan fingerprint density at radius 3 is 2.46 bits per heavy atom. The van der Waals surface area contributed by atoms with Gasteiger partial charge in [-0.05, 0) is 48.9 Å². The molecule has 1 aromatic carbocycles. The molecule has 11 heteroatoms. The molecule has 0 spiro atoms. The molecule has 1 atom stereocenters. The summed E-state index contributed by atoms with van der Waals surface area (Å²) in [5.41, 5.74) is 1.05. The second kappa shape index (κ2) is 11.0. The van der Waals surface area contributed by atoms with E-state index in [-0.39, 0.29) is 40.5 Å². The number of nitrogens with one attached hydrogen (secondary N) is 1. The first-order valence-corrected chi connectivity index (χ1v) is 13.3. The number of piperidine rings is 1. The molecule has 1 fully saturated rings. The van der Waals surface area contributed by atoms with Crippen molar-refractivity contribution >= 4 is 15.7 Å². The van der Waals surface area contributed by atoms with Crippen molar-refractivity contribution in [3.63, 3.8) is 0 Å². The summed E-state index contributed by atoms with van der Waals surface area (Å²) in [7, 11) is -0.506. The fourth-order valence-electron chi connectivity index (χ4n) is 4.70. The summed E-state index contributed by atoms with van der Waals surface area (Å²) in [4.78, 5) is 15.2. The highest BCUT2D eigenvalue weighted by Gasteiger charge is 2.36. The van der Waals surface area contributed by atoms with Crippen LogP contribution in [0, 0.1) is 19.3 Å². The minimum atomic E-state index is -3.73. The lowest BCUT2D eigenvalue weighted by Gasteiger charge is -2.44. The van der Waals surface area contributed by atoms with E-state index in [4.69, 9.17) is 13.9 Å². The van der Waals surface area contributed by atoms with Crippen molar-refractivity contribution < 1.29 is 27.1 Å². The van der Waals surface area contributed by atoms with Crippen LogP contribution in [0.15, 0.2) is 21.4 Å². The molecule has 1 unspecified atom stereocenters. The first kappa shape index (κ1) is 27.1. The fourth-order valence-corrected chi connectivity index (χ4v) is 6.39. The summed E-state index contributed by atoms with van der Waals surface area (Å²) in [5.74, 6) is -0.0367. The molecule has 0 bridgehead atoms. The molecule has 35 heavy (non-hydrogen) atoms. The predicted molar refractivity (Wildman–Crippen MR) is 130 cm³/mol. The van der Waals surface area contributed by atoms with Crippen molar-refractivity contribution in [3.8, 4) is 5.75 Å². The van der Waals surface area contributed by atoms with Gasteiger partial charge < -0.3 is 24.1 Å². The molecule has 1 aliphatic heterocycles. The lowest BCUT2D eigenvalue weighted by atomic mass is 9.79. The van der Waals surface area contributed by atoms with Gasteiger partial charge in [0.1, 0.15) is 17.9 Å². The molecule has 1 saturated heterocycles. The van der Waals surface area contributed by atoms with Crippen LogP contribution in [0.4, 0.5) is 0 Å². The third kappa shape index (κ3) is 6.80. The number of hydrogen-bond acceptors (Lipinski definition) is 9. The van der Waals surface area contributed by atoms with Crippen LogP contribution in [0.1, 0.15) is 43.2 Å². The van der Waals surface area contributed by atoms with Crippen LogP contribution in [0.25, 0.3) is 0 Å². The number of amides is 1. The minimum absolute atomic E-state index is 0.0117. The third-order valence-electron chi connectivity index (χ3n) is 6.37. The second-order valence-electron chi connectivity index (χ2n) is 9.78. The normalized spacial score (nSPS) is 18.4. The number of aromatic nitrogens is 2. The van der Waals surface area contributed by atoms with Gasteiger partial charge in [0.05, 0.1) is 18.6 Å². The summed E-state index contributed by atoms with van der Waals surface area (Å²) >= 11 is 0. The molecule has 1 aliphatic rings. The lowest BCUT2D eigenvalue weighted by molar-refractivity contribution is -0.123. The van der Waals surface area contributed by atoms with Gasteiger partial charge in [0.25, 0.3) is 0 Å². The highest BCUT2D eigenvalue weighted by atomic mass is 32.2. The predicted octanol–water partition coefficient (Wildman–Crippen LogP) is 2.07. The van der Waals surface area contributed by atoms with Crippen molar-refractivity contribution in [2.24, 2.45) is 5.41 Å². The maximum absolute atomic E-state index is 13.0. The first-order valence-electron chi connectivity index (χ1n) is 11.6. The van der Waals surface area contributed by atoms with Crippen LogP contribution in [-0.2, 0) is 31.5 Å². The van der Waals surface area contributed by atoms with Crippen LogP contribution in [-0.4, -0.2) is 75.9 Å². The van der Waals surface area contributed by atoms with Crippen LogP contribution in [0.3, 0.4) is 0 Å². The van der Waals surface area contributed by atoms with Crippen LogP contribution in [0.5, 0.6) is 5.75 Å². The Hall–Kier alpha value is -2.50. The van der Waals surface area contributed by atoms with Crippen molar-refractivity contribution in [2.45, 2.75) is 57.2 Å². The standard InChI is InChI=1S/C24H36N4O6S/c1-16-11-18(33-6)12-17(2)23(16)35(30,31)14-22-27-26-21(34-22)13-20(29)25-19-7-8-28(9-10-32-5)15-24(19,3)4/h11-12,19H,7-10,13-15H2,1-6H3,(H,25,29). The zero-order chi connectivity index (χ0) is 25.8. The number of benzene rings is 1.